The first-order valence-electron chi connectivity index (χ1n) is 7.51. The third-order valence-electron chi connectivity index (χ3n) is 3.71. The van der Waals surface area contributed by atoms with E-state index >= 15 is 0 Å². The summed E-state index contributed by atoms with van der Waals surface area (Å²) < 4.78 is 5.65. The number of rotatable bonds is 6. The highest BCUT2D eigenvalue weighted by atomic mass is 16.5. The molecule has 0 atom stereocenters. The van der Waals surface area contributed by atoms with Gasteiger partial charge in [0.2, 0.25) is 5.91 Å². The monoisotopic (exact) mass is 291 g/mol. The summed E-state index contributed by atoms with van der Waals surface area (Å²) in [5.74, 6) is 1.01. The predicted molar refractivity (Wildman–Crippen MR) is 83.6 cm³/mol. The molecule has 0 radical (unpaired) electrons. The Morgan fingerprint density at radius 1 is 1.29 bits per heavy atom. The zero-order valence-electron chi connectivity index (χ0n) is 13.0. The average Bonchev–Trinajstić information content (AvgIpc) is 2.50. The highest BCUT2D eigenvalue weighted by Gasteiger charge is 2.16. The van der Waals surface area contributed by atoms with E-state index < -0.39 is 0 Å². The molecule has 1 saturated heterocycles. The third-order valence-corrected chi connectivity index (χ3v) is 3.71. The summed E-state index contributed by atoms with van der Waals surface area (Å²) in [4.78, 5) is 16.0. The second-order valence-corrected chi connectivity index (χ2v) is 5.50. The molecule has 0 saturated carbocycles. The van der Waals surface area contributed by atoms with E-state index in [0.717, 1.165) is 31.9 Å². The molecular weight excluding hydrogens is 266 g/mol. The largest absolute Gasteiger partial charge is 0.492 e. The lowest BCUT2D eigenvalue weighted by atomic mass is 10.2. The molecule has 5 nitrogen and oxygen atoms in total. The van der Waals surface area contributed by atoms with E-state index in [1.165, 1.54) is 5.56 Å². The molecule has 1 aliphatic heterocycles. The molecule has 0 spiro atoms. The van der Waals surface area contributed by atoms with Crippen LogP contribution >= 0.6 is 0 Å². The minimum atomic E-state index is 0.157. The first-order chi connectivity index (χ1) is 10.1. The second-order valence-electron chi connectivity index (χ2n) is 5.50. The van der Waals surface area contributed by atoms with Crippen LogP contribution in [0, 0.1) is 6.92 Å². The van der Waals surface area contributed by atoms with Crippen LogP contribution < -0.4 is 10.1 Å². The van der Waals surface area contributed by atoms with Gasteiger partial charge in [-0.15, -0.1) is 0 Å². The summed E-state index contributed by atoms with van der Waals surface area (Å²) in [7, 11) is 1.84. The quantitative estimate of drug-likeness (QED) is 0.839. The number of nitrogens with one attached hydrogen (secondary N) is 1. The topological polar surface area (TPSA) is 44.8 Å². The Kier molecular flexibility index (Phi) is 6.02. The summed E-state index contributed by atoms with van der Waals surface area (Å²) >= 11 is 0. The number of piperazine rings is 1. The molecule has 1 heterocycles. The number of aryl methyl sites for hydroxylation is 1. The van der Waals surface area contributed by atoms with Gasteiger partial charge in [-0.05, 0) is 19.1 Å². The fraction of sp³-hybridized carbons (Fsp3) is 0.562. The van der Waals surface area contributed by atoms with Gasteiger partial charge in [-0.25, -0.2) is 0 Å². The fourth-order valence-electron chi connectivity index (χ4n) is 2.24. The number of hydrogen-bond acceptors (Lipinski definition) is 4. The van der Waals surface area contributed by atoms with Crippen LogP contribution in [-0.2, 0) is 4.79 Å². The first kappa shape index (κ1) is 15.8. The molecule has 0 bridgehead atoms. The van der Waals surface area contributed by atoms with Crippen LogP contribution in [0.3, 0.4) is 0 Å². The number of likely N-dealkylation sites (N-methyl/N-ethyl adjacent to an activating group) is 1. The lowest BCUT2D eigenvalue weighted by Gasteiger charge is -2.28. The number of benzene rings is 1. The molecule has 1 amide bonds. The Morgan fingerprint density at radius 3 is 2.62 bits per heavy atom. The molecule has 1 aromatic carbocycles. The SMILES string of the molecule is Cc1ccc(OCCN(C)C(=O)CN2CCNCC2)cc1. The molecule has 2 rings (SSSR count). The van der Waals surface area contributed by atoms with Crippen molar-refractivity contribution in [3.8, 4) is 5.75 Å². The van der Waals surface area contributed by atoms with E-state index in [4.69, 9.17) is 4.74 Å². The standard InChI is InChI=1S/C16H25N3O2/c1-14-3-5-15(6-4-14)21-12-11-18(2)16(20)13-19-9-7-17-8-10-19/h3-6,17H,7-13H2,1-2H3. The lowest BCUT2D eigenvalue weighted by Crippen LogP contribution is -2.48. The van der Waals surface area contributed by atoms with Crippen molar-refractivity contribution in [3.05, 3.63) is 29.8 Å². The van der Waals surface area contributed by atoms with Crippen LogP contribution in [0.2, 0.25) is 0 Å². The van der Waals surface area contributed by atoms with E-state index in [0.29, 0.717) is 19.7 Å². The molecule has 0 aromatic heterocycles. The third kappa shape index (κ3) is 5.36. The van der Waals surface area contributed by atoms with Gasteiger partial charge in [0.15, 0.2) is 0 Å². The van der Waals surface area contributed by atoms with Gasteiger partial charge in [-0.2, -0.15) is 0 Å². The van der Waals surface area contributed by atoms with Crippen LogP contribution in [0.4, 0.5) is 0 Å². The van der Waals surface area contributed by atoms with Gasteiger partial charge in [0.25, 0.3) is 0 Å². The van der Waals surface area contributed by atoms with E-state index in [2.05, 4.69) is 10.2 Å². The van der Waals surface area contributed by atoms with Crippen LogP contribution in [0.5, 0.6) is 5.75 Å². The van der Waals surface area contributed by atoms with E-state index in [1.807, 2.05) is 38.2 Å². The molecule has 0 aliphatic carbocycles. The predicted octanol–water partition coefficient (Wildman–Crippen LogP) is 0.737. The van der Waals surface area contributed by atoms with Crippen molar-refractivity contribution in [2.45, 2.75) is 6.92 Å². The van der Waals surface area contributed by atoms with Crippen LogP contribution in [0.1, 0.15) is 5.56 Å². The number of hydrogen-bond donors (Lipinski definition) is 1. The van der Waals surface area contributed by atoms with Crippen molar-refractivity contribution >= 4 is 5.91 Å². The van der Waals surface area contributed by atoms with Crippen LogP contribution in [0.25, 0.3) is 0 Å². The number of carbonyl (C=O) groups excluding carboxylic acids is 1. The Balaban J connectivity index is 1.67. The Bertz CT molecular complexity index is 441. The van der Waals surface area contributed by atoms with Gasteiger partial charge in [-0.3, -0.25) is 9.69 Å². The van der Waals surface area contributed by atoms with Gasteiger partial charge in [0.05, 0.1) is 13.1 Å². The zero-order chi connectivity index (χ0) is 15.1. The molecule has 0 unspecified atom stereocenters. The van der Waals surface area contributed by atoms with Crippen molar-refractivity contribution in [2.24, 2.45) is 0 Å². The van der Waals surface area contributed by atoms with Crippen molar-refractivity contribution in [3.63, 3.8) is 0 Å². The lowest BCUT2D eigenvalue weighted by molar-refractivity contribution is -0.131. The maximum absolute atomic E-state index is 12.1. The molecule has 21 heavy (non-hydrogen) atoms. The highest BCUT2D eigenvalue weighted by Crippen LogP contribution is 2.11. The Morgan fingerprint density at radius 2 is 1.95 bits per heavy atom. The first-order valence-corrected chi connectivity index (χ1v) is 7.51. The maximum Gasteiger partial charge on any atom is 0.236 e. The molecule has 1 fully saturated rings. The smallest absolute Gasteiger partial charge is 0.236 e. The minimum Gasteiger partial charge on any atom is -0.492 e. The molecule has 5 heteroatoms. The minimum absolute atomic E-state index is 0.157. The summed E-state index contributed by atoms with van der Waals surface area (Å²) in [6, 6.07) is 7.96. The van der Waals surface area contributed by atoms with Crippen LogP contribution in [-0.4, -0.2) is 68.6 Å². The van der Waals surface area contributed by atoms with E-state index in [-0.39, 0.29) is 5.91 Å². The number of nitrogens with zero attached hydrogens (tertiary/aromatic N) is 2. The molecular formula is C16H25N3O2. The summed E-state index contributed by atoms with van der Waals surface area (Å²) in [6.45, 7) is 7.50. The molecule has 1 aromatic rings. The van der Waals surface area contributed by atoms with E-state index in [9.17, 15) is 4.79 Å². The Hall–Kier alpha value is -1.59. The van der Waals surface area contributed by atoms with Gasteiger partial charge in [0, 0.05) is 33.2 Å². The number of amides is 1. The van der Waals surface area contributed by atoms with E-state index in [1.54, 1.807) is 4.90 Å². The normalized spacial score (nSPS) is 15.7. The van der Waals surface area contributed by atoms with Gasteiger partial charge in [-0.1, -0.05) is 17.7 Å². The number of carbonyl (C=O) groups is 1. The van der Waals surface area contributed by atoms with Gasteiger partial charge in [0.1, 0.15) is 12.4 Å². The van der Waals surface area contributed by atoms with Crippen LogP contribution in [0.15, 0.2) is 24.3 Å². The van der Waals surface area contributed by atoms with Crippen molar-refractivity contribution in [1.82, 2.24) is 15.1 Å². The van der Waals surface area contributed by atoms with Gasteiger partial charge >= 0.3 is 0 Å². The average molecular weight is 291 g/mol. The second kappa shape index (κ2) is 8.00. The van der Waals surface area contributed by atoms with Crippen molar-refractivity contribution < 1.29 is 9.53 Å². The fourth-order valence-corrected chi connectivity index (χ4v) is 2.24. The summed E-state index contributed by atoms with van der Waals surface area (Å²) in [5.41, 5.74) is 1.21. The number of ether oxygens (including phenoxy) is 1. The highest BCUT2D eigenvalue weighted by molar-refractivity contribution is 5.78. The zero-order valence-corrected chi connectivity index (χ0v) is 13.0. The summed E-state index contributed by atoms with van der Waals surface area (Å²) in [6.07, 6.45) is 0. The van der Waals surface area contributed by atoms with Crippen molar-refractivity contribution in [1.29, 1.82) is 0 Å². The maximum atomic E-state index is 12.1. The molecule has 1 N–H and O–H groups in total. The summed E-state index contributed by atoms with van der Waals surface area (Å²) in [5, 5.41) is 3.29. The molecule has 116 valence electrons. The molecule has 1 aliphatic rings. The van der Waals surface area contributed by atoms with Crippen molar-refractivity contribution in [2.75, 3.05) is 52.9 Å². The Labute approximate surface area is 126 Å². The van der Waals surface area contributed by atoms with Gasteiger partial charge < -0.3 is 15.0 Å².